The summed E-state index contributed by atoms with van der Waals surface area (Å²) in [4.78, 5) is 0. The first kappa shape index (κ1) is 13.9. The lowest BCUT2D eigenvalue weighted by Crippen LogP contribution is -2.47. The van der Waals surface area contributed by atoms with E-state index in [9.17, 15) is 0 Å². The topological polar surface area (TPSA) is 12.0 Å². The van der Waals surface area contributed by atoms with Gasteiger partial charge >= 0.3 is 0 Å². The van der Waals surface area contributed by atoms with E-state index >= 15 is 0 Å². The molecule has 1 saturated carbocycles. The molecule has 0 aliphatic heterocycles. The fourth-order valence-electron chi connectivity index (χ4n) is 2.80. The van der Waals surface area contributed by atoms with E-state index in [1.165, 1.54) is 18.4 Å². The Labute approximate surface area is 116 Å². The van der Waals surface area contributed by atoms with Crippen LogP contribution >= 0.6 is 11.6 Å². The Morgan fingerprint density at radius 3 is 2.50 bits per heavy atom. The van der Waals surface area contributed by atoms with Crippen LogP contribution in [0.25, 0.3) is 0 Å². The molecular formula is C16H24ClN. The minimum Gasteiger partial charge on any atom is -0.311 e. The van der Waals surface area contributed by atoms with Gasteiger partial charge in [-0.15, -0.1) is 0 Å². The second kappa shape index (κ2) is 6.08. The van der Waals surface area contributed by atoms with Crippen molar-refractivity contribution in [2.24, 2.45) is 11.8 Å². The number of benzene rings is 1. The van der Waals surface area contributed by atoms with Gasteiger partial charge in [0.25, 0.3) is 0 Å². The lowest BCUT2D eigenvalue weighted by molar-refractivity contribution is 0.159. The number of rotatable bonds is 5. The maximum Gasteiger partial charge on any atom is 0.0438 e. The molecule has 0 saturated heterocycles. The van der Waals surface area contributed by atoms with Crippen LogP contribution in [0.5, 0.6) is 0 Å². The highest BCUT2D eigenvalue weighted by Crippen LogP contribution is 2.33. The Kier molecular flexibility index (Phi) is 4.69. The van der Waals surface area contributed by atoms with Gasteiger partial charge in [0.15, 0.2) is 0 Å². The van der Waals surface area contributed by atoms with E-state index in [-0.39, 0.29) is 0 Å². The van der Waals surface area contributed by atoms with E-state index in [4.69, 9.17) is 11.6 Å². The van der Waals surface area contributed by atoms with E-state index in [0.29, 0.717) is 6.04 Å². The Hall–Kier alpha value is -0.530. The van der Waals surface area contributed by atoms with Crippen molar-refractivity contribution < 1.29 is 0 Å². The normalized spacial score (nSPS) is 24.9. The van der Waals surface area contributed by atoms with Crippen molar-refractivity contribution in [3.63, 3.8) is 0 Å². The molecule has 0 aromatic heterocycles. The molecule has 1 aliphatic rings. The largest absolute Gasteiger partial charge is 0.311 e. The number of hydrogen-bond donors (Lipinski definition) is 1. The first-order valence-corrected chi connectivity index (χ1v) is 7.43. The first-order valence-electron chi connectivity index (χ1n) is 7.05. The molecule has 18 heavy (non-hydrogen) atoms. The Bertz CT molecular complexity index is 382. The predicted octanol–water partition coefficient (Wildman–Crippen LogP) is 4.30. The number of nitrogens with one attached hydrogen (secondary N) is 1. The molecule has 2 rings (SSSR count). The van der Waals surface area contributed by atoms with Crippen LogP contribution < -0.4 is 5.32 Å². The summed E-state index contributed by atoms with van der Waals surface area (Å²) >= 11 is 6.19. The predicted molar refractivity (Wildman–Crippen MR) is 79.1 cm³/mol. The van der Waals surface area contributed by atoms with Crippen LogP contribution in [0.15, 0.2) is 24.3 Å². The molecule has 1 fully saturated rings. The molecule has 0 radical (unpaired) electrons. The summed E-state index contributed by atoms with van der Waals surface area (Å²) < 4.78 is 0. The van der Waals surface area contributed by atoms with Gasteiger partial charge in [-0.25, -0.2) is 0 Å². The van der Waals surface area contributed by atoms with Crippen molar-refractivity contribution in [2.75, 3.05) is 0 Å². The molecule has 1 nitrogen and oxygen atoms in total. The molecule has 1 atom stereocenters. The van der Waals surface area contributed by atoms with Gasteiger partial charge in [-0.2, -0.15) is 0 Å². The van der Waals surface area contributed by atoms with Crippen LogP contribution in [-0.4, -0.2) is 12.1 Å². The fraction of sp³-hybridized carbons (Fsp3) is 0.625. The van der Waals surface area contributed by atoms with Crippen molar-refractivity contribution in [1.82, 2.24) is 5.32 Å². The van der Waals surface area contributed by atoms with Gasteiger partial charge in [0.2, 0.25) is 0 Å². The summed E-state index contributed by atoms with van der Waals surface area (Å²) in [6, 6.07) is 9.37. The maximum atomic E-state index is 6.19. The average Bonchev–Trinajstić information content (AvgIpc) is 2.25. The molecule has 2 heteroatoms. The van der Waals surface area contributed by atoms with Gasteiger partial charge in [0.05, 0.1) is 0 Å². The van der Waals surface area contributed by atoms with Crippen LogP contribution in [-0.2, 0) is 6.42 Å². The summed E-state index contributed by atoms with van der Waals surface area (Å²) in [5, 5.41) is 4.61. The van der Waals surface area contributed by atoms with Crippen molar-refractivity contribution in [3.8, 4) is 0 Å². The average molecular weight is 266 g/mol. The molecule has 0 spiro atoms. The molecule has 0 bridgehead atoms. The van der Waals surface area contributed by atoms with Gasteiger partial charge in [0.1, 0.15) is 0 Å². The van der Waals surface area contributed by atoms with Crippen LogP contribution in [0, 0.1) is 11.8 Å². The van der Waals surface area contributed by atoms with Crippen LogP contribution in [0.4, 0.5) is 0 Å². The van der Waals surface area contributed by atoms with Gasteiger partial charge in [0, 0.05) is 17.1 Å². The van der Waals surface area contributed by atoms with E-state index in [1.54, 1.807) is 0 Å². The van der Waals surface area contributed by atoms with Crippen LogP contribution in [0.3, 0.4) is 0 Å². The van der Waals surface area contributed by atoms with E-state index in [0.717, 1.165) is 29.3 Å². The van der Waals surface area contributed by atoms with E-state index < -0.39 is 0 Å². The van der Waals surface area contributed by atoms with Gasteiger partial charge in [-0.3, -0.25) is 0 Å². The number of hydrogen-bond acceptors (Lipinski definition) is 1. The lowest BCUT2D eigenvalue weighted by Gasteiger charge is -2.40. The molecule has 0 heterocycles. The second-order valence-corrected chi connectivity index (χ2v) is 6.44. The zero-order valence-corrected chi connectivity index (χ0v) is 12.4. The summed E-state index contributed by atoms with van der Waals surface area (Å²) in [5.41, 5.74) is 1.25. The van der Waals surface area contributed by atoms with Gasteiger partial charge in [-0.05, 0) is 49.7 Å². The molecule has 0 amide bonds. The van der Waals surface area contributed by atoms with Crippen molar-refractivity contribution in [3.05, 3.63) is 34.9 Å². The second-order valence-electron chi connectivity index (χ2n) is 6.04. The summed E-state index contributed by atoms with van der Waals surface area (Å²) in [6.07, 6.45) is 3.69. The standard InChI is InChI=1S/C16H24ClN/c1-11(2)14-9-15(10-14)18-12(3)8-13-6-4-5-7-16(13)17/h4-7,11-12,14-15,18H,8-10H2,1-3H3. The third kappa shape index (κ3) is 3.49. The van der Waals surface area contributed by atoms with Gasteiger partial charge < -0.3 is 5.32 Å². The van der Waals surface area contributed by atoms with Crippen LogP contribution in [0.2, 0.25) is 5.02 Å². The summed E-state index contributed by atoms with van der Waals surface area (Å²) in [7, 11) is 0. The van der Waals surface area contributed by atoms with Crippen molar-refractivity contribution in [2.45, 2.75) is 52.1 Å². The highest BCUT2D eigenvalue weighted by atomic mass is 35.5. The van der Waals surface area contributed by atoms with E-state index in [2.05, 4.69) is 38.2 Å². The fourth-order valence-corrected chi connectivity index (χ4v) is 3.01. The molecule has 1 unspecified atom stereocenters. The van der Waals surface area contributed by atoms with E-state index in [1.807, 2.05) is 12.1 Å². The zero-order chi connectivity index (χ0) is 13.1. The van der Waals surface area contributed by atoms with Gasteiger partial charge in [-0.1, -0.05) is 43.6 Å². The Balaban J connectivity index is 1.77. The molecule has 1 aromatic rings. The number of halogens is 1. The summed E-state index contributed by atoms with van der Waals surface area (Å²) in [5.74, 6) is 1.76. The van der Waals surface area contributed by atoms with Crippen LogP contribution in [0.1, 0.15) is 39.2 Å². The molecule has 1 aliphatic carbocycles. The highest BCUT2D eigenvalue weighted by Gasteiger charge is 2.31. The quantitative estimate of drug-likeness (QED) is 0.837. The Morgan fingerprint density at radius 1 is 1.22 bits per heavy atom. The first-order chi connectivity index (χ1) is 8.56. The zero-order valence-electron chi connectivity index (χ0n) is 11.6. The molecule has 100 valence electrons. The lowest BCUT2D eigenvalue weighted by atomic mass is 9.73. The smallest absolute Gasteiger partial charge is 0.0438 e. The minimum atomic E-state index is 0.503. The summed E-state index contributed by atoms with van der Waals surface area (Å²) in [6.45, 7) is 6.91. The minimum absolute atomic E-state index is 0.503. The molecule has 1 N–H and O–H groups in total. The van der Waals surface area contributed by atoms with Crippen molar-refractivity contribution in [1.29, 1.82) is 0 Å². The molecule has 1 aromatic carbocycles. The monoisotopic (exact) mass is 265 g/mol. The van der Waals surface area contributed by atoms with Crippen molar-refractivity contribution >= 4 is 11.6 Å². The maximum absolute atomic E-state index is 6.19. The molecular weight excluding hydrogens is 242 g/mol. The SMILES string of the molecule is CC(Cc1ccccc1Cl)NC1CC(C(C)C)C1. The third-order valence-electron chi connectivity index (χ3n) is 4.12. The Morgan fingerprint density at radius 2 is 1.89 bits per heavy atom. The highest BCUT2D eigenvalue weighted by molar-refractivity contribution is 6.31. The third-order valence-corrected chi connectivity index (χ3v) is 4.49.